The molecule has 0 aliphatic carbocycles. The summed E-state index contributed by atoms with van der Waals surface area (Å²) >= 11 is 0. The van der Waals surface area contributed by atoms with E-state index in [0.29, 0.717) is 0 Å². The van der Waals surface area contributed by atoms with Crippen LogP contribution < -0.4 is 5.73 Å². The lowest BCUT2D eigenvalue weighted by Crippen LogP contribution is -2.13. The number of nitrogen functional groups attached to an aromatic ring is 1. The van der Waals surface area contributed by atoms with Crippen molar-refractivity contribution in [1.29, 1.82) is 0 Å². The Hall–Kier alpha value is -2.50. The van der Waals surface area contributed by atoms with Crippen LogP contribution in [0.25, 0.3) is 0 Å². The van der Waals surface area contributed by atoms with Crippen molar-refractivity contribution in [2.45, 2.75) is 13.0 Å². The van der Waals surface area contributed by atoms with Crippen LogP contribution in [0.15, 0.2) is 36.9 Å². The Balaban J connectivity index is 2.11. The second-order valence-electron chi connectivity index (χ2n) is 3.62. The zero-order valence-corrected chi connectivity index (χ0v) is 9.78. The molecule has 0 spiro atoms. The van der Waals surface area contributed by atoms with Crippen molar-refractivity contribution in [2.75, 3.05) is 5.73 Å². The average molecular weight is 244 g/mol. The van der Waals surface area contributed by atoms with Gasteiger partial charge in [0.15, 0.2) is 11.5 Å². The van der Waals surface area contributed by atoms with Crippen LogP contribution >= 0.6 is 0 Å². The summed E-state index contributed by atoms with van der Waals surface area (Å²) in [5.41, 5.74) is 6.37. The molecule has 2 aromatic rings. The van der Waals surface area contributed by atoms with E-state index >= 15 is 0 Å². The van der Waals surface area contributed by atoms with E-state index in [1.54, 1.807) is 25.4 Å². The van der Waals surface area contributed by atoms with Gasteiger partial charge < -0.3 is 10.5 Å². The molecule has 0 unspecified atom stereocenters. The summed E-state index contributed by atoms with van der Waals surface area (Å²) in [4.78, 5) is 23.4. The molecule has 0 saturated carbocycles. The average Bonchev–Trinajstić information content (AvgIpc) is 2.40. The molecule has 0 amide bonds. The van der Waals surface area contributed by atoms with Gasteiger partial charge in [0, 0.05) is 30.4 Å². The molecule has 0 saturated heterocycles. The van der Waals surface area contributed by atoms with Crippen molar-refractivity contribution < 1.29 is 9.53 Å². The lowest BCUT2D eigenvalue weighted by atomic mass is 10.2. The molecule has 0 bridgehead atoms. The summed E-state index contributed by atoms with van der Waals surface area (Å²) in [7, 11) is 0. The Morgan fingerprint density at radius 1 is 1.33 bits per heavy atom. The van der Waals surface area contributed by atoms with Gasteiger partial charge in [0.1, 0.15) is 6.10 Å². The van der Waals surface area contributed by atoms with Crippen LogP contribution in [0.4, 0.5) is 5.82 Å². The molecular formula is C12H12N4O2. The molecule has 6 heteroatoms. The summed E-state index contributed by atoms with van der Waals surface area (Å²) < 4.78 is 5.24. The van der Waals surface area contributed by atoms with E-state index < -0.39 is 12.1 Å². The molecule has 2 rings (SSSR count). The van der Waals surface area contributed by atoms with E-state index in [1.807, 2.05) is 6.07 Å². The van der Waals surface area contributed by atoms with Crippen LogP contribution in [0.5, 0.6) is 0 Å². The van der Waals surface area contributed by atoms with Crippen LogP contribution in [-0.2, 0) is 4.74 Å². The van der Waals surface area contributed by atoms with Crippen LogP contribution in [0.1, 0.15) is 29.1 Å². The molecule has 0 aliphatic heterocycles. The summed E-state index contributed by atoms with van der Waals surface area (Å²) in [5, 5.41) is 0. The molecular weight excluding hydrogens is 232 g/mol. The van der Waals surface area contributed by atoms with E-state index in [4.69, 9.17) is 10.5 Å². The third kappa shape index (κ3) is 2.60. The molecule has 6 nitrogen and oxygen atoms in total. The fourth-order valence-electron chi connectivity index (χ4n) is 1.41. The number of nitrogens with zero attached hydrogens (tertiary/aromatic N) is 3. The number of ether oxygens (including phenoxy) is 1. The molecule has 2 aromatic heterocycles. The van der Waals surface area contributed by atoms with Gasteiger partial charge in [0.05, 0.1) is 0 Å². The number of hydrogen-bond donors (Lipinski definition) is 1. The topological polar surface area (TPSA) is 91.0 Å². The lowest BCUT2D eigenvalue weighted by molar-refractivity contribution is 0.0331. The molecule has 2 N–H and O–H groups in total. The predicted octanol–water partition coefficient (Wildman–Crippen LogP) is 1.37. The summed E-state index contributed by atoms with van der Waals surface area (Å²) in [6.45, 7) is 1.75. The first-order valence-electron chi connectivity index (χ1n) is 5.36. The maximum atomic E-state index is 11.8. The third-order valence-corrected chi connectivity index (χ3v) is 2.36. The zero-order valence-electron chi connectivity index (χ0n) is 9.78. The van der Waals surface area contributed by atoms with Crippen LogP contribution in [0.2, 0.25) is 0 Å². The standard InChI is InChI=1S/C12H12N4O2/c1-8(9-3-2-4-14-7-9)18-12(17)10-11(13)16-6-5-15-10/h2-8H,1H3,(H2,13,16)/t8-/m0/s1. The highest BCUT2D eigenvalue weighted by Crippen LogP contribution is 2.17. The van der Waals surface area contributed by atoms with Gasteiger partial charge in [-0.05, 0) is 13.0 Å². The zero-order chi connectivity index (χ0) is 13.0. The number of aromatic nitrogens is 3. The van der Waals surface area contributed by atoms with Gasteiger partial charge in [-0.3, -0.25) is 4.98 Å². The molecule has 18 heavy (non-hydrogen) atoms. The Kier molecular flexibility index (Phi) is 3.47. The largest absolute Gasteiger partial charge is 0.453 e. The first-order chi connectivity index (χ1) is 8.68. The number of hydrogen-bond acceptors (Lipinski definition) is 6. The number of rotatable bonds is 3. The maximum Gasteiger partial charge on any atom is 0.361 e. The SMILES string of the molecule is C[C@H](OC(=O)c1nccnc1N)c1cccnc1. The van der Waals surface area contributed by atoms with Crippen LogP contribution in [0, 0.1) is 0 Å². The second kappa shape index (κ2) is 5.22. The van der Waals surface area contributed by atoms with E-state index in [0.717, 1.165) is 5.56 Å². The minimum absolute atomic E-state index is 0.0215. The Morgan fingerprint density at radius 3 is 2.78 bits per heavy atom. The van der Waals surface area contributed by atoms with Crippen molar-refractivity contribution >= 4 is 11.8 Å². The highest BCUT2D eigenvalue weighted by atomic mass is 16.5. The Labute approximate surface area is 104 Å². The lowest BCUT2D eigenvalue weighted by Gasteiger charge is -2.12. The van der Waals surface area contributed by atoms with Gasteiger partial charge in [-0.2, -0.15) is 0 Å². The third-order valence-electron chi connectivity index (χ3n) is 2.36. The van der Waals surface area contributed by atoms with Gasteiger partial charge in [-0.25, -0.2) is 14.8 Å². The number of anilines is 1. The Morgan fingerprint density at radius 2 is 2.11 bits per heavy atom. The minimum Gasteiger partial charge on any atom is -0.453 e. The molecule has 0 aromatic carbocycles. The van der Waals surface area contributed by atoms with Gasteiger partial charge in [-0.1, -0.05) is 6.07 Å². The van der Waals surface area contributed by atoms with E-state index in [2.05, 4.69) is 15.0 Å². The second-order valence-corrected chi connectivity index (χ2v) is 3.62. The highest BCUT2D eigenvalue weighted by molar-refractivity contribution is 5.91. The van der Waals surface area contributed by atoms with E-state index in [1.165, 1.54) is 12.4 Å². The molecule has 0 aliphatic rings. The summed E-state index contributed by atoms with van der Waals surface area (Å²) in [6.07, 6.45) is 5.67. The quantitative estimate of drug-likeness (QED) is 0.820. The molecule has 1 atom stereocenters. The maximum absolute atomic E-state index is 11.8. The molecule has 92 valence electrons. The Bertz CT molecular complexity index is 545. The van der Waals surface area contributed by atoms with Crippen LogP contribution in [-0.4, -0.2) is 20.9 Å². The van der Waals surface area contributed by atoms with Gasteiger partial charge in [0.25, 0.3) is 0 Å². The van der Waals surface area contributed by atoms with Crippen molar-refractivity contribution in [3.05, 3.63) is 48.2 Å². The van der Waals surface area contributed by atoms with Crippen molar-refractivity contribution in [2.24, 2.45) is 0 Å². The fraction of sp³-hybridized carbons (Fsp3) is 0.167. The normalized spacial score (nSPS) is 11.8. The minimum atomic E-state index is -0.600. The smallest absolute Gasteiger partial charge is 0.361 e. The number of nitrogens with two attached hydrogens (primary N) is 1. The van der Waals surface area contributed by atoms with Crippen molar-refractivity contribution in [3.63, 3.8) is 0 Å². The fourth-order valence-corrected chi connectivity index (χ4v) is 1.41. The van der Waals surface area contributed by atoms with Crippen molar-refractivity contribution in [1.82, 2.24) is 15.0 Å². The summed E-state index contributed by atoms with van der Waals surface area (Å²) in [5.74, 6) is -0.544. The highest BCUT2D eigenvalue weighted by Gasteiger charge is 2.17. The number of pyridine rings is 1. The van der Waals surface area contributed by atoms with Gasteiger partial charge >= 0.3 is 5.97 Å². The number of carbonyl (C=O) groups excluding carboxylic acids is 1. The number of esters is 1. The van der Waals surface area contributed by atoms with Crippen molar-refractivity contribution in [3.8, 4) is 0 Å². The van der Waals surface area contributed by atoms with Gasteiger partial charge in [-0.15, -0.1) is 0 Å². The van der Waals surface area contributed by atoms with E-state index in [9.17, 15) is 4.79 Å². The van der Waals surface area contributed by atoms with Crippen LogP contribution in [0.3, 0.4) is 0 Å². The summed E-state index contributed by atoms with van der Waals surface area (Å²) in [6, 6.07) is 3.60. The molecule has 0 radical (unpaired) electrons. The number of carbonyl (C=O) groups is 1. The predicted molar refractivity (Wildman–Crippen MR) is 64.5 cm³/mol. The first-order valence-corrected chi connectivity index (χ1v) is 5.36. The molecule has 2 heterocycles. The van der Waals surface area contributed by atoms with Gasteiger partial charge in [0.2, 0.25) is 0 Å². The molecule has 0 fully saturated rings. The first kappa shape index (κ1) is 12.0. The van der Waals surface area contributed by atoms with E-state index in [-0.39, 0.29) is 11.5 Å². The monoisotopic (exact) mass is 244 g/mol.